The van der Waals surface area contributed by atoms with Crippen molar-refractivity contribution in [3.8, 4) is 0 Å². The number of nitrogens with one attached hydrogen (secondary N) is 1. The molecule has 1 saturated heterocycles. The van der Waals surface area contributed by atoms with Gasteiger partial charge in [-0.1, -0.05) is 0 Å². The molecule has 1 aromatic carbocycles. The fraction of sp³-hybridized carbons (Fsp3) is 0.471. The molecule has 24 heavy (non-hydrogen) atoms. The van der Waals surface area contributed by atoms with Crippen LogP contribution in [0.15, 0.2) is 42.7 Å². The Balaban J connectivity index is 1.90. The minimum atomic E-state index is -2.28. The molecule has 2 heterocycles. The van der Waals surface area contributed by atoms with Crippen LogP contribution < -0.4 is 3.88 Å². The van der Waals surface area contributed by atoms with Gasteiger partial charge in [0, 0.05) is 0 Å². The van der Waals surface area contributed by atoms with Crippen LogP contribution in [0.1, 0.15) is 18.4 Å². The summed E-state index contributed by atoms with van der Waals surface area (Å²) in [6, 6.07) is 11.4. The van der Waals surface area contributed by atoms with Gasteiger partial charge in [-0.15, -0.1) is 0 Å². The summed E-state index contributed by atoms with van der Waals surface area (Å²) in [6.45, 7) is 3.36. The molecule has 7 heteroatoms. The summed E-state index contributed by atoms with van der Waals surface area (Å²) >= 11 is 5.48. The van der Waals surface area contributed by atoms with Crippen LogP contribution in [0.3, 0.4) is 0 Å². The molecule has 3 rings (SSSR count). The summed E-state index contributed by atoms with van der Waals surface area (Å²) < 4.78 is 10.3. The van der Waals surface area contributed by atoms with Gasteiger partial charge in [0.25, 0.3) is 0 Å². The van der Waals surface area contributed by atoms with Gasteiger partial charge in [0.2, 0.25) is 0 Å². The molecule has 1 aliphatic heterocycles. The van der Waals surface area contributed by atoms with Gasteiger partial charge in [-0.2, -0.15) is 0 Å². The van der Waals surface area contributed by atoms with E-state index >= 15 is 0 Å². The Morgan fingerprint density at radius 2 is 1.75 bits per heavy atom. The molecule has 0 unspecified atom stereocenters. The summed E-state index contributed by atoms with van der Waals surface area (Å²) in [4.78, 5) is 2.44. The van der Waals surface area contributed by atoms with Gasteiger partial charge in [0.05, 0.1) is 0 Å². The number of hydrogen-bond acceptors (Lipinski definition) is 2. The van der Waals surface area contributed by atoms with Crippen molar-refractivity contribution in [1.29, 1.82) is 0 Å². The molecule has 1 aliphatic rings. The standard InChI is InChI=1S/C11H12N2.C6H13N2.2HI.Pt/c1-12-7-8-13(10-12)9-11-5-3-2-4-6-11;1-8-4-2-6(7)3-5-8;;;/h2-8H,9H2,1H3;6-7H,2-5H2,1H3;2*1H;/q;-1;;;+3/p-2. The molecule has 0 bridgehead atoms. The Kier molecular flexibility index (Phi) is 6.79. The number of rotatable bonds is 4. The Morgan fingerprint density at radius 3 is 2.42 bits per heavy atom. The van der Waals surface area contributed by atoms with Crippen LogP contribution in [0.25, 0.3) is 0 Å². The van der Waals surface area contributed by atoms with Gasteiger partial charge in [-0.3, -0.25) is 0 Å². The number of benzene rings is 1. The Morgan fingerprint density at radius 1 is 1.08 bits per heavy atom. The first-order valence-corrected chi connectivity index (χ1v) is 23.2. The molecule has 4 nitrogen and oxygen atoms in total. The molecule has 137 valence electrons. The van der Waals surface area contributed by atoms with Crippen molar-refractivity contribution in [2.24, 2.45) is 7.05 Å². The Bertz CT molecular complexity index is 754. The van der Waals surface area contributed by atoms with Crippen molar-refractivity contribution in [2.45, 2.75) is 25.4 Å². The van der Waals surface area contributed by atoms with E-state index in [1.165, 1.54) is 35.3 Å². The molecule has 0 atom stereocenters. The molecule has 0 radical (unpaired) electrons. The van der Waals surface area contributed by atoms with Crippen LogP contribution >= 0.6 is 38.7 Å². The van der Waals surface area contributed by atoms with Gasteiger partial charge < -0.3 is 0 Å². The van der Waals surface area contributed by atoms with E-state index < -0.39 is 8.49 Å². The molecule has 0 aliphatic carbocycles. The molecule has 2 aromatic rings. The average Bonchev–Trinajstić information content (AvgIpc) is 2.92. The van der Waals surface area contributed by atoms with Crippen LogP contribution in [0.5, 0.6) is 0 Å². The third-order valence-corrected chi connectivity index (χ3v) is 17.0. The van der Waals surface area contributed by atoms with Gasteiger partial charge in [-0.25, -0.2) is 0 Å². The molecule has 0 saturated carbocycles. The number of aryl methyl sites for hydroxylation is 1. The van der Waals surface area contributed by atoms with Crippen molar-refractivity contribution in [3.63, 3.8) is 0 Å². The predicted molar refractivity (Wildman–Crippen MR) is 114 cm³/mol. The van der Waals surface area contributed by atoms with E-state index in [1.54, 1.807) is 0 Å². The second-order valence-corrected chi connectivity index (χ2v) is 38.0. The summed E-state index contributed by atoms with van der Waals surface area (Å²) in [6.07, 6.45) is 6.95. The number of imidazole rings is 1. The van der Waals surface area contributed by atoms with E-state index in [9.17, 15) is 0 Å². The summed E-state index contributed by atoms with van der Waals surface area (Å²) in [5.74, 6) is 0. The third-order valence-electron chi connectivity index (χ3n) is 4.29. The van der Waals surface area contributed by atoms with Crippen molar-refractivity contribution in [2.75, 3.05) is 20.1 Å². The Labute approximate surface area is 168 Å². The maximum absolute atomic E-state index is 4.07. The first-order valence-electron chi connectivity index (χ1n) is 8.06. The molecule has 1 fully saturated rings. The molecule has 1 N–H and O–H groups in total. The molecule has 0 spiro atoms. The zero-order chi connectivity index (χ0) is 17.2. The van der Waals surface area contributed by atoms with Crippen molar-refractivity contribution >= 4 is 38.7 Å². The molecular weight excluding hydrogens is 709 g/mol. The molecule has 0 amide bonds. The topological polar surface area (TPSA) is 25.1 Å². The van der Waals surface area contributed by atoms with Crippen LogP contribution in [0.4, 0.5) is 0 Å². The minimum absolute atomic E-state index is 0.659. The van der Waals surface area contributed by atoms with Crippen LogP contribution in [-0.2, 0) is 22.1 Å². The van der Waals surface area contributed by atoms with Crippen LogP contribution in [-0.4, -0.2) is 40.2 Å². The van der Waals surface area contributed by atoms with Gasteiger partial charge in [0.1, 0.15) is 0 Å². The molecular formula is C17H25I2N4Pt. The second kappa shape index (κ2) is 8.46. The zero-order valence-electron chi connectivity index (χ0n) is 14.1. The number of piperidine rings is 1. The van der Waals surface area contributed by atoms with Gasteiger partial charge in [0.15, 0.2) is 0 Å². The van der Waals surface area contributed by atoms with E-state index in [0.717, 1.165) is 6.54 Å². The fourth-order valence-electron chi connectivity index (χ4n) is 2.95. The van der Waals surface area contributed by atoms with Crippen LogP contribution in [0.2, 0.25) is 0 Å². The number of likely N-dealkylation sites (tertiary alicyclic amines) is 1. The quantitative estimate of drug-likeness (QED) is 0.484. The van der Waals surface area contributed by atoms with Crippen molar-refractivity contribution in [3.05, 3.63) is 52.1 Å². The summed E-state index contributed by atoms with van der Waals surface area (Å²) in [7, 11) is 2.13. The van der Waals surface area contributed by atoms with Crippen molar-refractivity contribution < 1.29 is 8.49 Å². The zero-order valence-corrected chi connectivity index (χ0v) is 20.7. The number of hydrogen-bond donors (Lipinski definition) is 1. The normalized spacial score (nSPS) is 18.0. The first-order chi connectivity index (χ1) is 11.5. The van der Waals surface area contributed by atoms with Gasteiger partial charge in [-0.05, 0) is 0 Å². The summed E-state index contributed by atoms with van der Waals surface area (Å²) in [5, 5.41) is 0. The maximum atomic E-state index is 4.07. The SMILES string of the molecule is CN1CCC([NH][Pt]([I])([I])=[c]2n(C)ccn2Cc2ccccc2)CC1. The Hall–Kier alpha value is 0.498. The van der Waals surface area contributed by atoms with E-state index in [-0.39, 0.29) is 0 Å². The van der Waals surface area contributed by atoms with Crippen molar-refractivity contribution in [1.82, 2.24) is 17.9 Å². The third kappa shape index (κ3) is 4.81. The van der Waals surface area contributed by atoms with E-state index in [0.29, 0.717) is 6.04 Å². The van der Waals surface area contributed by atoms with E-state index in [2.05, 4.69) is 113 Å². The first kappa shape index (κ1) is 19.3. The number of halogens is 2. The van der Waals surface area contributed by atoms with Gasteiger partial charge >= 0.3 is 170 Å². The van der Waals surface area contributed by atoms with E-state index in [1.807, 2.05) is 0 Å². The second-order valence-electron chi connectivity index (χ2n) is 6.30. The fourth-order valence-corrected chi connectivity index (χ4v) is 19.1. The average molecular weight is 734 g/mol. The van der Waals surface area contributed by atoms with Crippen LogP contribution in [0, 0.1) is 3.80 Å². The monoisotopic (exact) mass is 734 g/mol. The molecule has 1 aromatic heterocycles. The summed E-state index contributed by atoms with van der Waals surface area (Å²) in [5.41, 5.74) is 1.36. The predicted octanol–water partition coefficient (Wildman–Crippen LogP) is 3.86. The number of aromatic nitrogens is 2. The van der Waals surface area contributed by atoms with E-state index in [4.69, 9.17) is 0 Å². The number of nitrogens with zero attached hydrogens (tertiary/aromatic N) is 3.